The topological polar surface area (TPSA) is 47.8 Å². The summed E-state index contributed by atoms with van der Waals surface area (Å²) in [4.78, 5) is 8.20. The zero-order valence-corrected chi connectivity index (χ0v) is 14.4. The highest BCUT2D eigenvalue weighted by Gasteiger charge is 2.35. The fourth-order valence-corrected chi connectivity index (χ4v) is 2.75. The first-order chi connectivity index (χ1) is 11.1. The molecule has 5 heteroatoms. The van der Waals surface area contributed by atoms with Crippen LogP contribution in [-0.2, 0) is 9.57 Å². The fourth-order valence-electron chi connectivity index (χ4n) is 2.75. The van der Waals surface area contributed by atoms with Gasteiger partial charge in [0.25, 0.3) is 0 Å². The molecule has 0 aliphatic carbocycles. The van der Waals surface area contributed by atoms with E-state index in [1.807, 2.05) is 32.3 Å². The molecule has 128 valence electrons. The van der Waals surface area contributed by atoms with Crippen LogP contribution in [0.4, 0.5) is 0 Å². The molecule has 1 aromatic carbocycles. The van der Waals surface area contributed by atoms with E-state index in [1.165, 1.54) is 0 Å². The number of rotatable bonds is 8. The van der Waals surface area contributed by atoms with E-state index >= 15 is 0 Å². The van der Waals surface area contributed by atoms with Gasteiger partial charge >= 0.3 is 0 Å². The Morgan fingerprint density at radius 2 is 2.04 bits per heavy atom. The average Bonchev–Trinajstić information content (AvgIpc) is 2.54. The Hall–Kier alpha value is -1.59. The smallest absolute Gasteiger partial charge is 0.230 e. The number of unbranched alkanes of at least 4 members (excludes halogenated alkanes) is 1. The molecular formula is C18H28N2O3. The minimum Gasteiger partial charge on any atom is -0.372 e. The van der Waals surface area contributed by atoms with Crippen LogP contribution in [0.25, 0.3) is 0 Å². The molecule has 2 rings (SSSR count). The van der Waals surface area contributed by atoms with E-state index in [1.54, 1.807) is 0 Å². The van der Waals surface area contributed by atoms with Crippen LogP contribution in [0.1, 0.15) is 44.1 Å². The molecular weight excluding hydrogens is 292 g/mol. The Morgan fingerprint density at radius 3 is 2.70 bits per heavy atom. The van der Waals surface area contributed by atoms with Crippen LogP contribution in [-0.4, -0.2) is 49.1 Å². The summed E-state index contributed by atoms with van der Waals surface area (Å²) in [6.07, 6.45) is 2.96. The van der Waals surface area contributed by atoms with Gasteiger partial charge in [0.1, 0.15) is 0 Å². The molecule has 0 radical (unpaired) electrons. The lowest BCUT2D eigenvalue weighted by molar-refractivity contribution is -0.772. The minimum atomic E-state index is -0.465. The molecule has 0 bridgehead atoms. The second-order valence-corrected chi connectivity index (χ2v) is 6.26. The van der Waals surface area contributed by atoms with Crippen molar-refractivity contribution in [2.24, 2.45) is 0 Å². The molecule has 0 spiro atoms. The van der Waals surface area contributed by atoms with Crippen molar-refractivity contribution in [3.63, 3.8) is 0 Å². The summed E-state index contributed by atoms with van der Waals surface area (Å²) in [7, 11) is 4.02. The van der Waals surface area contributed by atoms with Gasteiger partial charge in [0.05, 0.1) is 5.92 Å². The molecule has 0 unspecified atom stereocenters. The standard InChI is InChI=1S/C18H28N2O3/c1-4-5-13-22-18-14-16(15-9-7-6-8-10-15)17(20(21)23-18)11-12-19(2)3/h6-10,16,18H,4-5,11-14H2,1-3H3/t16-,18-/m1/s1. The summed E-state index contributed by atoms with van der Waals surface area (Å²) >= 11 is 0. The van der Waals surface area contributed by atoms with Crippen molar-refractivity contribution in [3.05, 3.63) is 41.1 Å². The lowest BCUT2D eigenvalue weighted by atomic mass is 9.88. The third-order valence-electron chi connectivity index (χ3n) is 4.10. The first-order valence-corrected chi connectivity index (χ1v) is 8.42. The second kappa shape index (κ2) is 8.89. The quantitative estimate of drug-likeness (QED) is 0.545. The maximum absolute atomic E-state index is 12.4. The summed E-state index contributed by atoms with van der Waals surface area (Å²) < 4.78 is 5.73. The Balaban J connectivity index is 2.15. The number of hydrogen-bond acceptors (Lipinski definition) is 4. The number of benzene rings is 1. The van der Waals surface area contributed by atoms with Crippen molar-refractivity contribution in [3.8, 4) is 0 Å². The molecule has 2 atom stereocenters. The van der Waals surface area contributed by atoms with Crippen molar-refractivity contribution in [1.82, 2.24) is 4.90 Å². The van der Waals surface area contributed by atoms with E-state index in [4.69, 9.17) is 9.57 Å². The number of nitrogens with zero attached hydrogens (tertiary/aromatic N) is 2. The van der Waals surface area contributed by atoms with Crippen LogP contribution < -0.4 is 0 Å². The maximum atomic E-state index is 12.4. The van der Waals surface area contributed by atoms with Crippen LogP contribution >= 0.6 is 0 Å². The van der Waals surface area contributed by atoms with Crippen molar-refractivity contribution >= 4 is 5.71 Å². The lowest BCUT2D eigenvalue weighted by Crippen LogP contribution is -2.38. The van der Waals surface area contributed by atoms with E-state index in [0.29, 0.717) is 24.4 Å². The molecule has 0 saturated heterocycles. The number of ether oxygens (including phenoxy) is 1. The molecule has 23 heavy (non-hydrogen) atoms. The summed E-state index contributed by atoms with van der Waals surface area (Å²) in [5.74, 6) is 0.0500. The largest absolute Gasteiger partial charge is 0.372 e. The third kappa shape index (κ3) is 5.22. The normalized spacial score (nSPS) is 21.6. The molecule has 1 aliphatic heterocycles. The van der Waals surface area contributed by atoms with E-state index < -0.39 is 6.29 Å². The van der Waals surface area contributed by atoms with E-state index in [0.717, 1.165) is 30.7 Å². The van der Waals surface area contributed by atoms with Gasteiger partial charge in [0.2, 0.25) is 5.71 Å². The molecule has 0 fully saturated rings. The van der Waals surface area contributed by atoms with E-state index in [-0.39, 0.29) is 5.92 Å². The van der Waals surface area contributed by atoms with Crippen molar-refractivity contribution in [1.29, 1.82) is 0 Å². The SMILES string of the molecule is CCCCO[C@H]1C[C@H](c2ccccc2)C(CCN(C)C)=[N+]([O-])O1. The Bertz CT molecular complexity index is 502. The summed E-state index contributed by atoms with van der Waals surface area (Å²) in [6, 6.07) is 10.2. The molecule has 0 aromatic heterocycles. The first kappa shape index (κ1) is 17.8. The summed E-state index contributed by atoms with van der Waals surface area (Å²) in [5, 5.41) is 12.4. The molecule has 1 aliphatic rings. The highest BCUT2D eigenvalue weighted by molar-refractivity contribution is 5.87. The van der Waals surface area contributed by atoms with Gasteiger partial charge in [-0.25, -0.2) is 0 Å². The maximum Gasteiger partial charge on any atom is 0.230 e. The van der Waals surface area contributed by atoms with Crippen LogP contribution in [0.2, 0.25) is 0 Å². The van der Waals surface area contributed by atoms with Gasteiger partial charge in [0.15, 0.2) is 6.29 Å². The Kier molecular flexibility index (Phi) is 6.86. The molecule has 0 amide bonds. The second-order valence-electron chi connectivity index (χ2n) is 6.26. The number of hydrogen-bond donors (Lipinski definition) is 0. The molecule has 5 nitrogen and oxygen atoms in total. The zero-order valence-electron chi connectivity index (χ0n) is 14.4. The van der Waals surface area contributed by atoms with E-state index in [2.05, 4.69) is 24.0 Å². The van der Waals surface area contributed by atoms with Crippen molar-refractivity contribution < 1.29 is 14.5 Å². The van der Waals surface area contributed by atoms with Gasteiger partial charge in [-0.15, -0.1) is 0 Å². The Labute approximate surface area is 139 Å². The lowest BCUT2D eigenvalue weighted by Gasteiger charge is -2.31. The van der Waals surface area contributed by atoms with Gasteiger partial charge < -0.3 is 14.5 Å². The first-order valence-electron chi connectivity index (χ1n) is 8.42. The predicted molar refractivity (Wildman–Crippen MR) is 91.3 cm³/mol. The molecule has 1 heterocycles. The van der Waals surface area contributed by atoms with Gasteiger partial charge in [0, 0.05) is 30.9 Å². The van der Waals surface area contributed by atoms with Crippen LogP contribution in [0.15, 0.2) is 30.3 Å². The van der Waals surface area contributed by atoms with Crippen molar-refractivity contribution in [2.75, 3.05) is 27.2 Å². The molecule has 0 saturated carbocycles. The van der Waals surface area contributed by atoms with Gasteiger partial charge in [-0.3, -0.25) is 5.21 Å². The Morgan fingerprint density at radius 1 is 1.30 bits per heavy atom. The monoisotopic (exact) mass is 320 g/mol. The predicted octanol–water partition coefficient (Wildman–Crippen LogP) is 3.15. The summed E-state index contributed by atoms with van der Waals surface area (Å²) in [5.41, 5.74) is 1.93. The molecule has 1 aromatic rings. The highest BCUT2D eigenvalue weighted by atomic mass is 16.9. The van der Waals surface area contributed by atoms with Crippen molar-refractivity contribution in [2.45, 2.75) is 44.8 Å². The minimum absolute atomic E-state index is 0.0500. The summed E-state index contributed by atoms with van der Waals surface area (Å²) in [6.45, 7) is 3.57. The van der Waals surface area contributed by atoms with Gasteiger partial charge in [-0.05, 0) is 26.1 Å². The van der Waals surface area contributed by atoms with E-state index in [9.17, 15) is 5.21 Å². The van der Waals surface area contributed by atoms with Crippen LogP contribution in [0.5, 0.6) is 0 Å². The van der Waals surface area contributed by atoms with Crippen LogP contribution in [0.3, 0.4) is 0 Å². The average molecular weight is 320 g/mol. The fraction of sp³-hybridized carbons (Fsp3) is 0.611. The third-order valence-corrected chi connectivity index (χ3v) is 4.10. The van der Waals surface area contributed by atoms with Gasteiger partial charge in [-0.1, -0.05) is 43.7 Å². The van der Waals surface area contributed by atoms with Crippen LogP contribution in [0, 0.1) is 5.21 Å². The highest BCUT2D eigenvalue weighted by Crippen LogP contribution is 2.29. The van der Waals surface area contributed by atoms with Gasteiger partial charge in [-0.2, -0.15) is 0 Å². The zero-order chi connectivity index (χ0) is 16.7. The molecule has 0 N–H and O–H groups in total.